The van der Waals surface area contributed by atoms with E-state index in [2.05, 4.69) is 4.98 Å². The third-order valence-electron chi connectivity index (χ3n) is 3.42. The van der Waals surface area contributed by atoms with Crippen LogP contribution in [-0.4, -0.2) is 24.4 Å². The molecule has 1 heterocycles. The molecule has 0 atom stereocenters. The van der Waals surface area contributed by atoms with E-state index in [0.29, 0.717) is 17.4 Å². The van der Waals surface area contributed by atoms with E-state index in [1.165, 1.54) is 23.4 Å². The lowest BCUT2D eigenvalue weighted by atomic mass is 10.1. The fourth-order valence-corrected chi connectivity index (χ4v) is 2.79. The first kappa shape index (κ1) is 16.1. The number of anilines is 1. The zero-order valence-corrected chi connectivity index (χ0v) is 14.1. The zero-order chi connectivity index (χ0) is 16.9. The number of methoxy groups -OCH3 is 1. The van der Waals surface area contributed by atoms with Gasteiger partial charge in [-0.3, -0.25) is 0 Å². The van der Waals surface area contributed by atoms with Crippen LogP contribution in [0.5, 0.6) is 11.6 Å². The minimum absolute atomic E-state index is 0.435. The van der Waals surface area contributed by atoms with Crippen molar-refractivity contribution in [1.82, 2.24) is 4.98 Å². The number of hydrogen-bond donors (Lipinski definition) is 0. The number of carbonyl (C=O) groups excluding carboxylic acids is 1. The highest BCUT2D eigenvalue weighted by Gasteiger charge is 2.20. The minimum Gasteiger partial charge on any atom is -0.481 e. The molecule has 0 aliphatic heterocycles. The lowest BCUT2D eigenvalue weighted by Gasteiger charge is -2.18. The SMILES string of the molecule is COc1cccc(N(SC)C(=O)Oc2cccc3ccccc23)n1. The van der Waals surface area contributed by atoms with Gasteiger partial charge >= 0.3 is 6.09 Å². The molecule has 0 unspecified atom stereocenters. The van der Waals surface area contributed by atoms with Crippen LogP contribution in [0, 0.1) is 0 Å². The van der Waals surface area contributed by atoms with E-state index >= 15 is 0 Å². The van der Waals surface area contributed by atoms with Crippen LogP contribution < -0.4 is 13.8 Å². The number of amides is 1. The molecule has 0 bridgehead atoms. The van der Waals surface area contributed by atoms with Gasteiger partial charge in [0.25, 0.3) is 0 Å². The molecule has 1 amide bonds. The molecule has 3 aromatic rings. The van der Waals surface area contributed by atoms with Crippen LogP contribution in [0.4, 0.5) is 10.6 Å². The van der Waals surface area contributed by atoms with Gasteiger partial charge in [0.1, 0.15) is 5.75 Å². The molecule has 0 aliphatic carbocycles. The summed E-state index contributed by atoms with van der Waals surface area (Å²) in [6, 6.07) is 18.6. The molecule has 24 heavy (non-hydrogen) atoms. The first-order chi connectivity index (χ1) is 11.7. The van der Waals surface area contributed by atoms with Gasteiger partial charge in [0.15, 0.2) is 5.82 Å². The number of pyridine rings is 1. The molecule has 0 saturated carbocycles. The van der Waals surface area contributed by atoms with Crippen LogP contribution in [0.1, 0.15) is 0 Å². The Morgan fingerprint density at radius 1 is 1.04 bits per heavy atom. The van der Waals surface area contributed by atoms with E-state index < -0.39 is 6.09 Å². The summed E-state index contributed by atoms with van der Waals surface area (Å²) in [5.41, 5.74) is 0. The van der Waals surface area contributed by atoms with Gasteiger partial charge in [0, 0.05) is 17.7 Å². The fourth-order valence-electron chi connectivity index (χ4n) is 2.31. The molecule has 5 nitrogen and oxygen atoms in total. The molecule has 0 saturated heterocycles. The molecule has 3 rings (SSSR count). The average Bonchev–Trinajstić information content (AvgIpc) is 2.63. The molecular formula is C18H16N2O3S. The second-order valence-electron chi connectivity index (χ2n) is 4.86. The summed E-state index contributed by atoms with van der Waals surface area (Å²) < 4.78 is 12.1. The molecular weight excluding hydrogens is 324 g/mol. The third-order valence-corrected chi connectivity index (χ3v) is 4.12. The highest BCUT2D eigenvalue weighted by Crippen LogP contribution is 2.28. The van der Waals surface area contributed by atoms with E-state index in [1.54, 1.807) is 30.5 Å². The van der Waals surface area contributed by atoms with E-state index in [9.17, 15) is 4.79 Å². The van der Waals surface area contributed by atoms with Crippen molar-refractivity contribution in [3.8, 4) is 11.6 Å². The highest BCUT2D eigenvalue weighted by atomic mass is 32.2. The van der Waals surface area contributed by atoms with Gasteiger partial charge in [-0.15, -0.1) is 0 Å². The van der Waals surface area contributed by atoms with E-state index in [0.717, 1.165) is 10.8 Å². The molecule has 0 radical (unpaired) electrons. The summed E-state index contributed by atoms with van der Waals surface area (Å²) in [6.07, 6.45) is 1.27. The molecule has 122 valence electrons. The van der Waals surface area contributed by atoms with Crippen molar-refractivity contribution in [3.63, 3.8) is 0 Å². The Morgan fingerprint density at radius 2 is 1.79 bits per heavy atom. The van der Waals surface area contributed by atoms with E-state index in [1.807, 2.05) is 36.4 Å². The van der Waals surface area contributed by atoms with Crippen LogP contribution in [0.15, 0.2) is 60.7 Å². The van der Waals surface area contributed by atoms with E-state index in [4.69, 9.17) is 9.47 Å². The Bertz CT molecular complexity index is 864. The summed E-state index contributed by atoms with van der Waals surface area (Å²) in [5.74, 6) is 1.40. The van der Waals surface area contributed by atoms with Crippen molar-refractivity contribution in [2.75, 3.05) is 17.7 Å². The first-order valence-corrected chi connectivity index (χ1v) is 8.46. The lowest BCUT2D eigenvalue weighted by molar-refractivity contribution is 0.212. The maximum atomic E-state index is 12.6. The molecule has 2 aromatic carbocycles. The maximum Gasteiger partial charge on any atom is 0.431 e. The molecule has 0 N–H and O–H groups in total. The van der Waals surface area contributed by atoms with Crippen molar-refractivity contribution in [2.45, 2.75) is 0 Å². The van der Waals surface area contributed by atoms with Gasteiger partial charge in [-0.25, -0.2) is 9.10 Å². The van der Waals surface area contributed by atoms with Crippen LogP contribution in [-0.2, 0) is 0 Å². The van der Waals surface area contributed by atoms with Crippen molar-refractivity contribution < 1.29 is 14.3 Å². The topological polar surface area (TPSA) is 51.7 Å². The zero-order valence-electron chi connectivity index (χ0n) is 13.3. The number of carbonyl (C=O) groups is 1. The Hall–Kier alpha value is -2.73. The number of fused-ring (bicyclic) bond motifs is 1. The number of nitrogens with zero attached hydrogens (tertiary/aromatic N) is 2. The standard InChI is InChI=1S/C18H16N2O3S/c1-22-17-12-6-11-16(19-17)20(24-2)18(21)23-15-10-5-8-13-7-3-4-9-14(13)15/h3-12H,1-2H3. The Kier molecular flexibility index (Phi) is 4.86. The number of hydrogen-bond acceptors (Lipinski definition) is 5. The first-order valence-electron chi connectivity index (χ1n) is 7.28. The van der Waals surface area contributed by atoms with Gasteiger partial charge < -0.3 is 9.47 Å². The third kappa shape index (κ3) is 3.28. The maximum absolute atomic E-state index is 12.6. The van der Waals surface area contributed by atoms with Crippen molar-refractivity contribution in [1.29, 1.82) is 0 Å². The predicted octanol–water partition coefficient (Wildman–Crippen LogP) is 4.53. The van der Waals surface area contributed by atoms with E-state index in [-0.39, 0.29) is 0 Å². The number of benzene rings is 2. The predicted molar refractivity (Wildman–Crippen MR) is 96.8 cm³/mol. The number of aromatic nitrogens is 1. The van der Waals surface area contributed by atoms with Crippen LogP contribution in [0.3, 0.4) is 0 Å². The highest BCUT2D eigenvalue weighted by molar-refractivity contribution is 8.00. The average molecular weight is 340 g/mol. The van der Waals surface area contributed by atoms with Crippen molar-refractivity contribution in [3.05, 3.63) is 60.7 Å². The number of rotatable bonds is 4. The summed E-state index contributed by atoms with van der Waals surface area (Å²) >= 11 is 1.22. The second-order valence-corrected chi connectivity index (χ2v) is 5.59. The lowest BCUT2D eigenvalue weighted by Crippen LogP contribution is -2.27. The normalized spacial score (nSPS) is 10.4. The Labute approximate surface area is 144 Å². The summed E-state index contributed by atoms with van der Waals surface area (Å²) in [6.45, 7) is 0. The summed E-state index contributed by atoms with van der Waals surface area (Å²) in [4.78, 5) is 16.9. The number of ether oxygens (including phenoxy) is 2. The molecule has 1 aromatic heterocycles. The summed E-state index contributed by atoms with van der Waals surface area (Å²) in [5, 5.41) is 1.89. The van der Waals surface area contributed by atoms with Gasteiger partial charge in [-0.2, -0.15) is 4.98 Å². The largest absolute Gasteiger partial charge is 0.481 e. The van der Waals surface area contributed by atoms with Crippen LogP contribution in [0.2, 0.25) is 0 Å². The molecule has 6 heteroatoms. The van der Waals surface area contributed by atoms with Crippen molar-refractivity contribution in [2.24, 2.45) is 0 Å². The fraction of sp³-hybridized carbons (Fsp3) is 0.111. The molecule has 0 fully saturated rings. The monoisotopic (exact) mass is 340 g/mol. The Balaban J connectivity index is 1.89. The van der Waals surface area contributed by atoms with Gasteiger partial charge in [-0.05, 0) is 29.5 Å². The smallest absolute Gasteiger partial charge is 0.431 e. The summed E-state index contributed by atoms with van der Waals surface area (Å²) in [7, 11) is 1.53. The van der Waals surface area contributed by atoms with Gasteiger partial charge in [0.05, 0.1) is 7.11 Å². The van der Waals surface area contributed by atoms with Crippen LogP contribution in [0.25, 0.3) is 10.8 Å². The van der Waals surface area contributed by atoms with Gasteiger partial charge in [-0.1, -0.05) is 42.5 Å². The molecule has 0 aliphatic rings. The van der Waals surface area contributed by atoms with Crippen LogP contribution >= 0.6 is 11.9 Å². The van der Waals surface area contributed by atoms with Crippen molar-refractivity contribution >= 4 is 34.6 Å². The molecule has 0 spiro atoms. The van der Waals surface area contributed by atoms with Gasteiger partial charge in [0.2, 0.25) is 5.88 Å². The quantitative estimate of drug-likeness (QED) is 0.653. The second kappa shape index (κ2) is 7.23. The Morgan fingerprint density at radius 3 is 2.58 bits per heavy atom. The minimum atomic E-state index is -0.514.